The van der Waals surface area contributed by atoms with Gasteiger partial charge in [0.1, 0.15) is 0 Å². The molecule has 0 saturated heterocycles. The van der Waals surface area contributed by atoms with E-state index in [0.29, 0.717) is 17.3 Å². The molecular weight excluding hydrogens is 294 g/mol. The molecule has 1 aromatic carbocycles. The highest BCUT2D eigenvalue weighted by molar-refractivity contribution is 5.94. The van der Waals surface area contributed by atoms with Gasteiger partial charge in [-0.1, -0.05) is 6.07 Å². The van der Waals surface area contributed by atoms with Crippen molar-refractivity contribution in [1.82, 2.24) is 9.78 Å². The van der Waals surface area contributed by atoms with Crippen molar-refractivity contribution in [2.24, 2.45) is 17.8 Å². The fraction of sp³-hybridized carbons (Fsp3) is 0.353. The maximum absolute atomic E-state index is 12.2. The Hall–Kier alpha value is -2.63. The lowest BCUT2D eigenvalue weighted by Crippen LogP contribution is -2.15. The number of amides is 1. The summed E-state index contributed by atoms with van der Waals surface area (Å²) in [5, 5.41) is 15.9. The number of carboxylic acids is 1. The molecule has 6 nitrogen and oxygen atoms in total. The third-order valence-corrected chi connectivity index (χ3v) is 4.59. The molecule has 2 saturated carbocycles. The molecule has 2 aliphatic carbocycles. The molecule has 0 bridgehead atoms. The summed E-state index contributed by atoms with van der Waals surface area (Å²) in [5.74, 6) is 0.547. The topological polar surface area (TPSA) is 84.2 Å². The van der Waals surface area contributed by atoms with Crippen molar-refractivity contribution in [2.45, 2.75) is 19.3 Å². The lowest BCUT2D eigenvalue weighted by atomic mass is 10.2. The molecule has 0 radical (unpaired) electrons. The van der Waals surface area contributed by atoms with E-state index in [4.69, 9.17) is 5.11 Å². The molecule has 1 aromatic heterocycles. The minimum atomic E-state index is -1.06. The average molecular weight is 311 g/mol. The predicted octanol–water partition coefficient (Wildman–Crippen LogP) is 2.56. The smallest absolute Gasteiger partial charge is 0.356 e. The zero-order valence-corrected chi connectivity index (χ0v) is 12.5. The van der Waals surface area contributed by atoms with E-state index in [1.54, 1.807) is 12.3 Å². The molecule has 4 rings (SSSR count). The van der Waals surface area contributed by atoms with Crippen LogP contribution >= 0.6 is 0 Å². The Morgan fingerprint density at radius 1 is 1.26 bits per heavy atom. The molecule has 2 atom stereocenters. The molecule has 0 unspecified atom stereocenters. The Morgan fingerprint density at radius 2 is 2.09 bits per heavy atom. The van der Waals surface area contributed by atoms with Crippen LogP contribution in [0.3, 0.4) is 0 Å². The fourth-order valence-corrected chi connectivity index (χ4v) is 3.10. The number of carboxylic acid groups (broad SMARTS) is 1. The van der Waals surface area contributed by atoms with Gasteiger partial charge in [0, 0.05) is 17.8 Å². The Morgan fingerprint density at radius 3 is 2.78 bits per heavy atom. The minimum Gasteiger partial charge on any atom is -0.476 e. The van der Waals surface area contributed by atoms with Gasteiger partial charge in [-0.05, 0) is 55.4 Å². The van der Waals surface area contributed by atoms with Crippen LogP contribution < -0.4 is 5.32 Å². The lowest BCUT2D eigenvalue weighted by Gasteiger charge is -2.07. The van der Waals surface area contributed by atoms with Gasteiger partial charge in [0.15, 0.2) is 5.69 Å². The third kappa shape index (κ3) is 2.84. The number of carbonyl (C=O) groups is 2. The molecule has 2 aliphatic rings. The van der Waals surface area contributed by atoms with E-state index in [1.165, 1.54) is 23.6 Å². The van der Waals surface area contributed by atoms with Crippen molar-refractivity contribution in [3.8, 4) is 5.69 Å². The van der Waals surface area contributed by atoms with E-state index in [9.17, 15) is 9.59 Å². The average Bonchev–Trinajstić information content (AvgIpc) is 3.43. The Balaban J connectivity index is 1.47. The first-order valence-electron chi connectivity index (χ1n) is 7.82. The van der Waals surface area contributed by atoms with E-state index < -0.39 is 5.97 Å². The molecule has 6 heteroatoms. The van der Waals surface area contributed by atoms with E-state index in [2.05, 4.69) is 10.4 Å². The summed E-state index contributed by atoms with van der Waals surface area (Å²) in [6.45, 7) is 0. The highest BCUT2D eigenvalue weighted by Gasteiger charge is 2.51. The molecule has 1 amide bonds. The Bertz CT molecular complexity index is 779. The van der Waals surface area contributed by atoms with Crippen molar-refractivity contribution < 1.29 is 14.7 Å². The summed E-state index contributed by atoms with van der Waals surface area (Å²) in [7, 11) is 0. The number of rotatable bonds is 5. The van der Waals surface area contributed by atoms with Crippen molar-refractivity contribution in [2.75, 3.05) is 5.32 Å². The molecule has 2 N–H and O–H groups in total. The van der Waals surface area contributed by atoms with Crippen molar-refractivity contribution in [1.29, 1.82) is 0 Å². The number of hydrogen-bond acceptors (Lipinski definition) is 3. The number of aromatic nitrogens is 2. The van der Waals surface area contributed by atoms with Crippen LogP contribution in [0.15, 0.2) is 36.5 Å². The van der Waals surface area contributed by atoms with Gasteiger partial charge in [-0.15, -0.1) is 0 Å². The number of aromatic carboxylic acids is 1. The first kappa shape index (κ1) is 14.0. The normalized spacial score (nSPS) is 22.6. The van der Waals surface area contributed by atoms with E-state index in [1.807, 2.05) is 18.2 Å². The van der Waals surface area contributed by atoms with Gasteiger partial charge in [0.25, 0.3) is 0 Å². The summed E-state index contributed by atoms with van der Waals surface area (Å²) < 4.78 is 1.49. The first-order valence-corrected chi connectivity index (χ1v) is 7.82. The van der Waals surface area contributed by atoms with Crippen LogP contribution in [-0.4, -0.2) is 26.8 Å². The quantitative estimate of drug-likeness (QED) is 0.889. The number of hydrogen-bond donors (Lipinski definition) is 2. The second-order valence-electron chi connectivity index (χ2n) is 6.33. The maximum atomic E-state index is 12.2. The van der Waals surface area contributed by atoms with E-state index in [0.717, 1.165) is 12.3 Å². The zero-order chi connectivity index (χ0) is 16.0. The van der Waals surface area contributed by atoms with Crippen molar-refractivity contribution in [3.05, 3.63) is 42.2 Å². The highest BCUT2D eigenvalue weighted by atomic mass is 16.4. The summed E-state index contributed by atoms with van der Waals surface area (Å²) in [6, 6.07) is 8.71. The Labute approximate surface area is 133 Å². The van der Waals surface area contributed by atoms with Crippen molar-refractivity contribution >= 4 is 17.6 Å². The maximum Gasteiger partial charge on any atom is 0.356 e. The molecule has 118 valence electrons. The SMILES string of the molecule is O=C(O)c1ccn(-c2cccc(NC(=O)[C@H]3C[C@H]3C3CC3)c2)n1. The van der Waals surface area contributed by atoms with Gasteiger partial charge in [-0.3, -0.25) is 4.79 Å². The van der Waals surface area contributed by atoms with Gasteiger partial charge in [-0.25, -0.2) is 9.48 Å². The number of carbonyl (C=O) groups excluding carboxylic acids is 1. The van der Waals surface area contributed by atoms with Crippen LogP contribution in [0.5, 0.6) is 0 Å². The van der Waals surface area contributed by atoms with Gasteiger partial charge in [-0.2, -0.15) is 5.10 Å². The summed E-state index contributed by atoms with van der Waals surface area (Å²) in [6.07, 6.45) is 5.15. The molecule has 0 spiro atoms. The van der Waals surface area contributed by atoms with Gasteiger partial charge >= 0.3 is 5.97 Å². The van der Waals surface area contributed by atoms with E-state index in [-0.39, 0.29) is 17.5 Å². The molecule has 1 heterocycles. The highest BCUT2D eigenvalue weighted by Crippen LogP contribution is 2.54. The second kappa shape index (κ2) is 5.22. The monoisotopic (exact) mass is 311 g/mol. The summed E-state index contributed by atoms with van der Waals surface area (Å²) in [5.41, 5.74) is 1.41. The number of anilines is 1. The zero-order valence-electron chi connectivity index (χ0n) is 12.5. The fourth-order valence-electron chi connectivity index (χ4n) is 3.10. The summed E-state index contributed by atoms with van der Waals surface area (Å²) in [4.78, 5) is 23.1. The minimum absolute atomic E-state index is 0.00954. The summed E-state index contributed by atoms with van der Waals surface area (Å²) >= 11 is 0. The van der Waals surface area contributed by atoms with Crippen LogP contribution in [0.25, 0.3) is 5.69 Å². The molecule has 2 aromatic rings. The number of benzene rings is 1. The predicted molar refractivity (Wildman–Crippen MR) is 83.5 cm³/mol. The largest absolute Gasteiger partial charge is 0.476 e. The third-order valence-electron chi connectivity index (χ3n) is 4.59. The standard InChI is InChI=1S/C17H17N3O3/c21-16(14-9-13(14)10-4-5-10)18-11-2-1-3-12(8-11)20-7-6-15(19-20)17(22)23/h1-3,6-8,10,13-14H,4-5,9H2,(H,18,21)(H,22,23)/t13-,14-/m0/s1. The van der Waals surface area contributed by atoms with Crippen molar-refractivity contribution in [3.63, 3.8) is 0 Å². The van der Waals surface area contributed by atoms with Gasteiger partial charge < -0.3 is 10.4 Å². The van der Waals surface area contributed by atoms with Crippen LogP contribution in [0.2, 0.25) is 0 Å². The number of nitrogens with one attached hydrogen (secondary N) is 1. The first-order chi connectivity index (χ1) is 11.1. The number of nitrogens with zero attached hydrogens (tertiary/aromatic N) is 2. The lowest BCUT2D eigenvalue weighted by molar-refractivity contribution is -0.117. The van der Waals surface area contributed by atoms with Crippen LogP contribution in [-0.2, 0) is 4.79 Å². The Kier molecular flexibility index (Phi) is 3.18. The van der Waals surface area contributed by atoms with Crippen LogP contribution in [0, 0.1) is 17.8 Å². The van der Waals surface area contributed by atoms with Crippen LogP contribution in [0.4, 0.5) is 5.69 Å². The molecule has 0 aliphatic heterocycles. The second-order valence-corrected chi connectivity index (χ2v) is 6.33. The van der Waals surface area contributed by atoms with Crippen LogP contribution in [0.1, 0.15) is 29.8 Å². The van der Waals surface area contributed by atoms with Gasteiger partial charge in [0.05, 0.1) is 5.69 Å². The molecule has 2 fully saturated rings. The molecular formula is C17H17N3O3. The van der Waals surface area contributed by atoms with E-state index >= 15 is 0 Å². The van der Waals surface area contributed by atoms with Gasteiger partial charge in [0.2, 0.25) is 5.91 Å². The molecule has 23 heavy (non-hydrogen) atoms.